The molecule has 3 rings (SSSR count). The molecule has 0 fully saturated rings. The predicted molar refractivity (Wildman–Crippen MR) is 78.5 cm³/mol. The Morgan fingerprint density at radius 2 is 2.10 bits per heavy atom. The summed E-state index contributed by atoms with van der Waals surface area (Å²) in [5.41, 5.74) is 1.57. The average Bonchev–Trinajstić information content (AvgIpc) is 2.93. The average molecular weight is 323 g/mol. The number of rotatable bonds is 4. The number of fused-ring (bicyclic) bond motifs is 1. The highest BCUT2D eigenvalue weighted by Gasteiger charge is 2.14. The van der Waals surface area contributed by atoms with Crippen LogP contribution in [0.5, 0.6) is 0 Å². The first-order chi connectivity index (χ1) is 10.0. The smallest absolute Gasteiger partial charge is 0.242 e. The molecule has 3 heterocycles. The van der Waals surface area contributed by atoms with Crippen LogP contribution in [0.15, 0.2) is 54.1 Å². The highest BCUT2D eigenvalue weighted by atomic mass is 35.5. The quantitative estimate of drug-likeness (QED) is 0.795. The van der Waals surface area contributed by atoms with Crippen LogP contribution in [-0.4, -0.2) is 22.8 Å². The van der Waals surface area contributed by atoms with Crippen LogP contribution >= 0.6 is 11.6 Å². The van der Waals surface area contributed by atoms with Crippen LogP contribution in [-0.2, 0) is 16.6 Å². The number of hydrogen-bond acceptors (Lipinski definition) is 4. The van der Waals surface area contributed by atoms with Gasteiger partial charge in [0.25, 0.3) is 0 Å². The summed E-state index contributed by atoms with van der Waals surface area (Å²) in [4.78, 5) is 7.97. The fourth-order valence-electron chi connectivity index (χ4n) is 1.86. The molecule has 21 heavy (non-hydrogen) atoms. The second-order valence-corrected chi connectivity index (χ2v) is 6.59. The molecule has 1 N–H and O–H groups in total. The van der Waals surface area contributed by atoms with Crippen molar-refractivity contribution in [3.05, 3.63) is 59.8 Å². The van der Waals surface area contributed by atoms with Gasteiger partial charge in [0.1, 0.15) is 10.5 Å². The van der Waals surface area contributed by atoms with Crippen molar-refractivity contribution in [1.29, 1.82) is 0 Å². The molecule has 0 saturated heterocycles. The molecule has 0 aliphatic rings. The minimum Gasteiger partial charge on any atom is -0.307 e. The number of nitrogens with one attached hydrogen (secondary N) is 1. The summed E-state index contributed by atoms with van der Waals surface area (Å²) in [6.45, 7) is 0.165. The zero-order valence-electron chi connectivity index (χ0n) is 10.8. The first-order valence-electron chi connectivity index (χ1n) is 6.06. The normalized spacial score (nSPS) is 11.9. The third kappa shape index (κ3) is 3.05. The molecule has 0 spiro atoms. The molecule has 0 aliphatic carbocycles. The Kier molecular flexibility index (Phi) is 3.62. The molecule has 0 aliphatic heterocycles. The molecule has 0 bridgehead atoms. The van der Waals surface area contributed by atoms with Gasteiger partial charge in [0.05, 0.1) is 5.02 Å². The van der Waals surface area contributed by atoms with Gasteiger partial charge in [-0.05, 0) is 23.8 Å². The summed E-state index contributed by atoms with van der Waals surface area (Å²) in [6.07, 6.45) is 7.97. The van der Waals surface area contributed by atoms with Crippen LogP contribution in [0.25, 0.3) is 5.65 Å². The van der Waals surface area contributed by atoms with E-state index in [0.717, 1.165) is 11.2 Å². The lowest BCUT2D eigenvalue weighted by atomic mass is 10.3. The molecular weight excluding hydrogens is 312 g/mol. The topological polar surface area (TPSA) is 76.4 Å². The first kappa shape index (κ1) is 14.0. The molecule has 0 amide bonds. The molecule has 8 heteroatoms. The molecule has 0 unspecified atom stereocenters. The highest BCUT2D eigenvalue weighted by Crippen LogP contribution is 2.14. The summed E-state index contributed by atoms with van der Waals surface area (Å²) in [7, 11) is -3.65. The minimum atomic E-state index is -3.65. The first-order valence-corrected chi connectivity index (χ1v) is 7.92. The van der Waals surface area contributed by atoms with Crippen molar-refractivity contribution >= 4 is 27.3 Å². The van der Waals surface area contributed by atoms with E-state index in [1.165, 1.54) is 18.5 Å². The van der Waals surface area contributed by atoms with Gasteiger partial charge < -0.3 is 4.40 Å². The number of sulfonamides is 1. The van der Waals surface area contributed by atoms with E-state index >= 15 is 0 Å². The maximum Gasteiger partial charge on any atom is 0.242 e. The van der Waals surface area contributed by atoms with Gasteiger partial charge in [-0.2, -0.15) is 0 Å². The zero-order valence-corrected chi connectivity index (χ0v) is 12.3. The third-order valence-corrected chi connectivity index (χ3v) is 4.49. The standard InChI is InChI=1S/C13H11ClN4O2S/c14-11-6-12(9-15-8-11)21(19,20)17-7-10-1-3-18-4-2-16-13(18)5-10/h1-6,8-9,17H,7H2. The maximum absolute atomic E-state index is 12.1. The van der Waals surface area contributed by atoms with Crippen LogP contribution in [0.1, 0.15) is 5.56 Å². The predicted octanol–water partition coefficient (Wildman–Crippen LogP) is 1.86. The van der Waals surface area contributed by atoms with Gasteiger partial charge in [0, 0.05) is 37.5 Å². The number of nitrogens with zero attached hydrogens (tertiary/aromatic N) is 3. The van der Waals surface area contributed by atoms with Crippen molar-refractivity contribution in [3.8, 4) is 0 Å². The SMILES string of the molecule is O=S(=O)(NCc1ccn2ccnc2c1)c1cncc(Cl)c1. The van der Waals surface area contributed by atoms with E-state index in [-0.39, 0.29) is 16.5 Å². The lowest BCUT2D eigenvalue weighted by Gasteiger charge is -2.07. The molecule has 0 atom stereocenters. The summed E-state index contributed by atoms with van der Waals surface area (Å²) < 4.78 is 28.6. The van der Waals surface area contributed by atoms with Crippen molar-refractivity contribution in [3.63, 3.8) is 0 Å². The molecule has 108 valence electrons. The lowest BCUT2D eigenvalue weighted by molar-refractivity contribution is 0.581. The van der Waals surface area contributed by atoms with Crippen molar-refractivity contribution in [2.75, 3.05) is 0 Å². The number of hydrogen-bond donors (Lipinski definition) is 1. The van der Waals surface area contributed by atoms with Gasteiger partial charge in [-0.25, -0.2) is 18.1 Å². The van der Waals surface area contributed by atoms with Gasteiger partial charge in [-0.15, -0.1) is 0 Å². The number of imidazole rings is 1. The van der Waals surface area contributed by atoms with Gasteiger partial charge in [0.2, 0.25) is 10.0 Å². The number of aromatic nitrogens is 3. The summed E-state index contributed by atoms with van der Waals surface area (Å²) in [6, 6.07) is 5.00. The Morgan fingerprint density at radius 1 is 1.24 bits per heavy atom. The summed E-state index contributed by atoms with van der Waals surface area (Å²) in [5.74, 6) is 0. The Bertz CT molecular complexity index is 892. The van der Waals surface area contributed by atoms with E-state index in [1.54, 1.807) is 6.20 Å². The van der Waals surface area contributed by atoms with Gasteiger partial charge in [0.15, 0.2) is 0 Å². The number of pyridine rings is 2. The highest BCUT2D eigenvalue weighted by molar-refractivity contribution is 7.89. The molecule has 0 aromatic carbocycles. The molecule has 6 nitrogen and oxygen atoms in total. The van der Waals surface area contributed by atoms with Crippen molar-refractivity contribution < 1.29 is 8.42 Å². The number of halogens is 1. The molecule has 0 saturated carbocycles. The fourth-order valence-corrected chi connectivity index (χ4v) is 3.11. The van der Waals surface area contributed by atoms with Crippen LogP contribution in [0, 0.1) is 0 Å². The Labute approximate surface area is 126 Å². The zero-order chi connectivity index (χ0) is 14.9. The van der Waals surface area contributed by atoms with E-state index in [2.05, 4.69) is 14.7 Å². The Hall–Kier alpha value is -1.96. The van der Waals surface area contributed by atoms with E-state index in [1.807, 2.05) is 28.9 Å². The summed E-state index contributed by atoms with van der Waals surface area (Å²) >= 11 is 5.76. The molecular formula is C13H11ClN4O2S. The van der Waals surface area contributed by atoms with E-state index < -0.39 is 10.0 Å². The largest absolute Gasteiger partial charge is 0.307 e. The van der Waals surface area contributed by atoms with Gasteiger partial charge >= 0.3 is 0 Å². The molecule has 3 aromatic heterocycles. The minimum absolute atomic E-state index is 0.0388. The third-order valence-electron chi connectivity index (χ3n) is 2.92. The second-order valence-electron chi connectivity index (χ2n) is 4.39. The Balaban J connectivity index is 1.79. The van der Waals surface area contributed by atoms with Crippen molar-refractivity contribution in [1.82, 2.24) is 19.1 Å². The van der Waals surface area contributed by atoms with E-state index in [9.17, 15) is 8.42 Å². The van der Waals surface area contributed by atoms with Crippen LogP contribution in [0.2, 0.25) is 5.02 Å². The summed E-state index contributed by atoms with van der Waals surface area (Å²) in [5, 5.41) is 0.275. The van der Waals surface area contributed by atoms with Crippen LogP contribution < -0.4 is 4.72 Å². The monoisotopic (exact) mass is 322 g/mol. The lowest BCUT2D eigenvalue weighted by Crippen LogP contribution is -2.23. The van der Waals surface area contributed by atoms with Gasteiger partial charge in [-0.1, -0.05) is 11.6 Å². The van der Waals surface area contributed by atoms with Crippen LogP contribution in [0.4, 0.5) is 0 Å². The maximum atomic E-state index is 12.1. The molecule has 3 aromatic rings. The Morgan fingerprint density at radius 3 is 2.90 bits per heavy atom. The van der Waals surface area contributed by atoms with Crippen molar-refractivity contribution in [2.24, 2.45) is 0 Å². The van der Waals surface area contributed by atoms with E-state index in [0.29, 0.717) is 0 Å². The van der Waals surface area contributed by atoms with E-state index in [4.69, 9.17) is 11.6 Å². The fraction of sp³-hybridized carbons (Fsp3) is 0.0769. The molecule has 0 radical (unpaired) electrons. The second kappa shape index (κ2) is 5.44. The van der Waals surface area contributed by atoms with Crippen molar-refractivity contribution in [2.45, 2.75) is 11.4 Å². The van der Waals surface area contributed by atoms with Gasteiger partial charge in [-0.3, -0.25) is 4.98 Å². The van der Waals surface area contributed by atoms with Crippen LogP contribution in [0.3, 0.4) is 0 Å².